The minimum Gasteiger partial charge on any atom is -0.225 e. The summed E-state index contributed by atoms with van der Waals surface area (Å²) in [6, 6.07) is 12.4. The number of sulfonamides is 2. The Bertz CT molecular complexity index is 953. The molecule has 6 nitrogen and oxygen atoms in total. The molecule has 0 fully saturated rings. The van der Waals surface area contributed by atoms with Crippen LogP contribution >= 0.6 is 0 Å². The summed E-state index contributed by atoms with van der Waals surface area (Å²) in [5.41, 5.74) is 2.08. The molecule has 8 heteroatoms. The van der Waals surface area contributed by atoms with Crippen LogP contribution in [0, 0.1) is 0 Å². The van der Waals surface area contributed by atoms with Crippen molar-refractivity contribution in [1.29, 1.82) is 0 Å². The van der Waals surface area contributed by atoms with E-state index >= 15 is 0 Å². The lowest BCUT2D eigenvalue weighted by atomic mass is 10.1. The molecule has 1 unspecified atom stereocenters. The summed E-state index contributed by atoms with van der Waals surface area (Å²) in [6.07, 6.45) is 1.48. The molecule has 122 valence electrons. The molecule has 2 aromatic carbocycles. The van der Waals surface area contributed by atoms with Crippen LogP contribution in [0.25, 0.3) is 0 Å². The third-order valence-electron chi connectivity index (χ3n) is 3.87. The molecule has 0 aliphatic heterocycles. The van der Waals surface area contributed by atoms with Crippen LogP contribution in [0.2, 0.25) is 0 Å². The fourth-order valence-corrected chi connectivity index (χ4v) is 4.68. The second-order valence-corrected chi connectivity index (χ2v) is 8.71. The molecule has 1 atom stereocenters. The van der Waals surface area contributed by atoms with Gasteiger partial charge >= 0.3 is 0 Å². The van der Waals surface area contributed by atoms with E-state index in [4.69, 9.17) is 5.14 Å². The molecule has 0 amide bonds. The van der Waals surface area contributed by atoms with Gasteiger partial charge in [-0.2, -0.15) is 0 Å². The van der Waals surface area contributed by atoms with Crippen molar-refractivity contribution in [3.63, 3.8) is 0 Å². The number of benzene rings is 2. The van der Waals surface area contributed by atoms with Crippen molar-refractivity contribution >= 4 is 20.0 Å². The molecule has 3 rings (SSSR count). The zero-order valence-corrected chi connectivity index (χ0v) is 13.8. The van der Waals surface area contributed by atoms with E-state index in [2.05, 4.69) is 4.72 Å². The highest BCUT2D eigenvalue weighted by atomic mass is 32.2. The van der Waals surface area contributed by atoms with Crippen molar-refractivity contribution in [1.82, 2.24) is 4.72 Å². The Morgan fingerprint density at radius 1 is 0.957 bits per heavy atom. The predicted octanol–water partition coefficient (Wildman–Crippen LogP) is 1.30. The Hall–Kier alpha value is -1.74. The first-order valence-corrected chi connectivity index (χ1v) is 10.0. The monoisotopic (exact) mass is 352 g/mol. The van der Waals surface area contributed by atoms with Gasteiger partial charge in [-0.3, -0.25) is 0 Å². The van der Waals surface area contributed by atoms with Gasteiger partial charge in [-0.05, 0) is 42.2 Å². The summed E-state index contributed by atoms with van der Waals surface area (Å²) in [6.45, 7) is 0. The molecule has 1 aliphatic rings. The van der Waals surface area contributed by atoms with Gasteiger partial charge in [0.25, 0.3) is 0 Å². The van der Waals surface area contributed by atoms with Crippen LogP contribution in [0.15, 0.2) is 58.3 Å². The first-order chi connectivity index (χ1) is 10.8. The van der Waals surface area contributed by atoms with Crippen LogP contribution in [0.1, 0.15) is 23.6 Å². The highest BCUT2D eigenvalue weighted by Gasteiger charge is 2.27. The molecule has 0 aromatic heterocycles. The Balaban J connectivity index is 1.92. The zero-order chi connectivity index (χ0) is 16.7. The molecule has 0 saturated heterocycles. The SMILES string of the molecule is NS(=O)(=O)c1cccc(S(=O)(=O)NC2CCc3ccccc32)c1. The molecule has 0 heterocycles. The third kappa shape index (κ3) is 3.30. The van der Waals surface area contributed by atoms with Crippen LogP contribution in [0.3, 0.4) is 0 Å². The second kappa shape index (κ2) is 5.72. The smallest absolute Gasteiger partial charge is 0.225 e. The summed E-state index contributed by atoms with van der Waals surface area (Å²) in [5, 5.41) is 5.05. The number of fused-ring (bicyclic) bond motifs is 1. The average Bonchev–Trinajstić information content (AvgIpc) is 2.89. The van der Waals surface area contributed by atoms with Crippen LogP contribution in [0.5, 0.6) is 0 Å². The quantitative estimate of drug-likeness (QED) is 0.865. The lowest BCUT2D eigenvalue weighted by Crippen LogP contribution is -2.27. The maximum Gasteiger partial charge on any atom is 0.241 e. The molecule has 0 bridgehead atoms. The van der Waals surface area contributed by atoms with Gasteiger partial charge < -0.3 is 0 Å². The fourth-order valence-electron chi connectivity index (χ4n) is 2.75. The fraction of sp³-hybridized carbons (Fsp3) is 0.200. The summed E-state index contributed by atoms with van der Waals surface area (Å²) < 4.78 is 50.5. The van der Waals surface area contributed by atoms with E-state index in [0.717, 1.165) is 23.6 Å². The summed E-state index contributed by atoms with van der Waals surface area (Å²) >= 11 is 0. The van der Waals surface area contributed by atoms with E-state index in [9.17, 15) is 16.8 Å². The maximum absolute atomic E-state index is 12.5. The van der Waals surface area contributed by atoms with Gasteiger partial charge in [0.15, 0.2) is 0 Å². The van der Waals surface area contributed by atoms with E-state index in [1.165, 1.54) is 18.2 Å². The zero-order valence-electron chi connectivity index (χ0n) is 12.1. The van der Waals surface area contributed by atoms with E-state index in [1.807, 2.05) is 24.3 Å². The molecule has 3 N–H and O–H groups in total. The van der Waals surface area contributed by atoms with Gasteiger partial charge in [-0.25, -0.2) is 26.7 Å². The van der Waals surface area contributed by atoms with Crippen molar-refractivity contribution in [2.24, 2.45) is 5.14 Å². The number of rotatable bonds is 4. The summed E-state index contributed by atoms with van der Waals surface area (Å²) in [5.74, 6) is 0. The normalized spacial score (nSPS) is 17.9. The van der Waals surface area contributed by atoms with Gasteiger partial charge in [0, 0.05) is 6.04 Å². The van der Waals surface area contributed by atoms with Gasteiger partial charge in [0.05, 0.1) is 9.79 Å². The Kier molecular flexibility index (Phi) is 4.01. The van der Waals surface area contributed by atoms with Gasteiger partial charge in [-0.1, -0.05) is 30.3 Å². The highest BCUT2D eigenvalue weighted by Crippen LogP contribution is 2.32. The van der Waals surface area contributed by atoms with Crippen molar-refractivity contribution < 1.29 is 16.8 Å². The largest absolute Gasteiger partial charge is 0.241 e. The van der Waals surface area contributed by atoms with E-state index < -0.39 is 20.0 Å². The van der Waals surface area contributed by atoms with E-state index in [-0.39, 0.29) is 15.8 Å². The van der Waals surface area contributed by atoms with Crippen molar-refractivity contribution in [2.45, 2.75) is 28.7 Å². The Morgan fingerprint density at radius 3 is 2.39 bits per heavy atom. The average molecular weight is 352 g/mol. The minimum atomic E-state index is -3.95. The lowest BCUT2D eigenvalue weighted by Gasteiger charge is -2.15. The highest BCUT2D eigenvalue weighted by molar-refractivity contribution is 7.90. The summed E-state index contributed by atoms with van der Waals surface area (Å²) in [4.78, 5) is -0.347. The lowest BCUT2D eigenvalue weighted by molar-refractivity contribution is 0.554. The summed E-state index contributed by atoms with van der Waals surface area (Å²) in [7, 11) is -7.79. The molecule has 23 heavy (non-hydrogen) atoms. The standard InChI is InChI=1S/C15H16N2O4S2/c16-22(18,19)12-5-3-6-13(10-12)23(20,21)17-15-9-8-11-4-1-2-7-14(11)15/h1-7,10,15,17H,8-9H2,(H2,16,18,19). The Morgan fingerprint density at radius 2 is 1.65 bits per heavy atom. The van der Waals surface area contributed by atoms with Crippen molar-refractivity contribution in [3.05, 3.63) is 59.7 Å². The number of hydrogen-bond donors (Lipinski definition) is 2. The number of primary sulfonamides is 1. The van der Waals surface area contributed by atoms with Gasteiger partial charge in [0.1, 0.15) is 0 Å². The topological polar surface area (TPSA) is 106 Å². The van der Waals surface area contributed by atoms with E-state index in [0.29, 0.717) is 6.42 Å². The number of nitrogens with one attached hydrogen (secondary N) is 1. The molecule has 1 aliphatic carbocycles. The van der Waals surface area contributed by atoms with Crippen LogP contribution < -0.4 is 9.86 Å². The molecular formula is C15H16N2O4S2. The molecule has 0 radical (unpaired) electrons. The molecule has 2 aromatic rings. The van der Waals surface area contributed by atoms with Crippen LogP contribution in [0.4, 0.5) is 0 Å². The Labute approximate surface area is 135 Å². The first kappa shape index (κ1) is 16.1. The predicted molar refractivity (Wildman–Crippen MR) is 85.6 cm³/mol. The van der Waals surface area contributed by atoms with Crippen molar-refractivity contribution in [2.75, 3.05) is 0 Å². The van der Waals surface area contributed by atoms with Gasteiger partial charge in [0.2, 0.25) is 20.0 Å². The third-order valence-corrected chi connectivity index (χ3v) is 6.25. The number of nitrogens with two attached hydrogens (primary N) is 1. The van der Waals surface area contributed by atoms with Crippen LogP contribution in [-0.2, 0) is 26.5 Å². The van der Waals surface area contributed by atoms with Crippen molar-refractivity contribution in [3.8, 4) is 0 Å². The molecule has 0 spiro atoms. The maximum atomic E-state index is 12.5. The number of hydrogen-bond acceptors (Lipinski definition) is 4. The minimum absolute atomic E-state index is 0.117. The number of aryl methyl sites for hydroxylation is 1. The van der Waals surface area contributed by atoms with E-state index in [1.54, 1.807) is 0 Å². The van der Waals surface area contributed by atoms with Crippen LogP contribution in [-0.4, -0.2) is 16.8 Å². The first-order valence-electron chi connectivity index (χ1n) is 7.00. The molecule has 0 saturated carbocycles. The van der Waals surface area contributed by atoms with Gasteiger partial charge in [-0.15, -0.1) is 0 Å². The molecular weight excluding hydrogens is 336 g/mol. The second-order valence-electron chi connectivity index (χ2n) is 5.43.